The fourth-order valence-corrected chi connectivity index (χ4v) is 2.85. The molecule has 1 aliphatic rings. The molecule has 1 fully saturated rings. The molecular weight excluding hydrogens is 340 g/mol. The molecule has 3 rings (SSSR count). The van der Waals surface area contributed by atoms with Crippen LogP contribution in [0.2, 0.25) is 5.02 Å². The summed E-state index contributed by atoms with van der Waals surface area (Å²) in [6, 6.07) is 6.94. The highest BCUT2D eigenvalue weighted by Crippen LogP contribution is 2.18. The summed E-state index contributed by atoms with van der Waals surface area (Å²) in [6.07, 6.45) is 2.28. The molecule has 7 nitrogen and oxygen atoms in total. The Kier molecular flexibility index (Phi) is 5.33. The van der Waals surface area contributed by atoms with Gasteiger partial charge in [-0.1, -0.05) is 23.7 Å². The molecule has 1 N–H and O–H groups in total. The average molecular weight is 361 g/mol. The summed E-state index contributed by atoms with van der Waals surface area (Å²) < 4.78 is 0. The second kappa shape index (κ2) is 7.65. The molecule has 1 saturated heterocycles. The molecule has 25 heavy (non-hydrogen) atoms. The van der Waals surface area contributed by atoms with Crippen molar-refractivity contribution in [1.29, 1.82) is 0 Å². The van der Waals surface area contributed by atoms with Crippen LogP contribution in [0.1, 0.15) is 29.0 Å². The van der Waals surface area contributed by atoms with Crippen molar-refractivity contribution in [2.45, 2.75) is 19.4 Å². The largest absolute Gasteiger partial charge is 0.347 e. The first-order chi connectivity index (χ1) is 12.0. The minimum absolute atomic E-state index is 0.217. The van der Waals surface area contributed by atoms with E-state index in [-0.39, 0.29) is 12.5 Å². The third-order valence-corrected chi connectivity index (χ3v) is 4.30. The lowest BCUT2D eigenvalue weighted by atomic mass is 10.2. The van der Waals surface area contributed by atoms with Crippen molar-refractivity contribution < 1.29 is 4.79 Å². The summed E-state index contributed by atoms with van der Waals surface area (Å²) in [4.78, 5) is 29.7. The zero-order valence-corrected chi connectivity index (χ0v) is 15.1. The maximum absolute atomic E-state index is 12.3. The van der Waals surface area contributed by atoms with E-state index in [4.69, 9.17) is 11.6 Å². The molecule has 1 amide bonds. The van der Waals surface area contributed by atoms with Gasteiger partial charge in [-0.15, -0.1) is 0 Å². The van der Waals surface area contributed by atoms with Gasteiger partial charge in [-0.05, 0) is 25.0 Å². The number of carbonyl (C=O) groups is 1. The number of hydrogen-bond donors (Lipinski definition) is 1. The summed E-state index contributed by atoms with van der Waals surface area (Å²) in [5.41, 5.74) is 0.436. The molecule has 8 heteroatoms. The van der Waals surface area contributed by atoms with Crippen LogP contribution in [0.25, 0.3) is 0 Å². The van der Waals surface area contributed by atoms with Crippen molar-refractivity contribution >= 4 is 29.4 Å². The van der Waals surface area contributed by atoms with Crippen LogP contribution in [-0.4, -0.2) is 48.0 Å². The van der Waals surface area contributed by atoms with Crippen molar-refractivity contribution in [2.75, 3.05) is 37.0 Å². The number of carbonyl (C=O) groups excluding carboxylic acids is 1. The minimum atomic E-state index is -0.250. The molecule has 0 radical (unpaired) electrons. The van der Waals surface area contributed by atoms with Crippen LogP contribution in [0.4, 0.5) is 11.9 Å². The van der Waals surface area contributed by atoms with Crippen LogP contribution in [0.15, 0.2) is 24.3 Å². The fourth-order valence-electron chi connectivity index (χ4n) is 2.63. The number of rotatable bonds is 5. The molecule has 0 aliphatic carbocycles. The molecule has 1 aromatic heterocycles. The second-order valence-electron chi connectivity index (χ2n) is 6.10. The Labute approximate surface area is 152 Å². The Morgan fingerprint density at radius 1 is 1.20 bits per heavy atom. The van der Waals surface area contributed by atoms with E-state index in [2.05, 4.69) is 25.2 Å². The first-order valence-electron chi connectivity index (χ1n) is 8.24. The topological polar surface area (TPSA) is 74.2 Å². The predicted octanol–water partition coefficient (Wildman–Crippen LogP) is 2.12. The van der Waals surface area contributed by atoms with Crippen LogP contribution in [-0.2, 0) is 6.54 Å². The van der Waals surface area contributed by atoms with Gasteiger partial charge >= 0.3 is 0 Å². The predicted molar refractivity (Wildman–Crippen MR) is 98.2 cm³/mol. The minimum Gasteiger partial charge on any atom is -0.347 e. The lowest BCUT2D eigenvalue weighted by Gasteiger charge is -2.19. The standard InChI is InChI=1S/C17H21ClN6O/c1-23(2)16-20-14(21-17(22-16)24-9-5-6-10-24)11-19-15(25)12-7-3-4-8-13(12)18/h3-4,7-8H,5-6,9-11H2,1-2H3,(H,19,25). The van der Waals surface area contributed by atoms with Crippen molar-refractivity contribution in [3.05, 3.63) is 40.7 Å². The quantitative estimate of drug-likeness (QED) is 0.880. The van der Waals surface area contributed by atoms with Gasteiger partial charge in [0.15, 0.2) is 5.82 Å². The molecule has 2 aromatic rings. The Morgan fingerprint density at radius 3 is 2.60 bits per heavy atom. The molecular formula is C17H21ClN6O. The van der Waals surface area contributed by atoms with E-state index < -0.39 is 0 Å². The summed E-state index contributed by atoms with van der Waals surface area (Å²) in [7, 11) is 3.77. The van der Waals surface area contributed by atoms with E-state index in [0.717, 1.165) is 25.9 Å². The summed E-state index contributed by atoms with van der Waals surface area (Å²) >= 11 is 6.06. The number of hydrogen-bond acceptors (Lipinski definition) is 6. The number of nitrogens with one attached hydrogen (secondary N) is 1. The number of nitrogens with zero attached hydrogens (tertiary/aromatic N) is 5. The van der Waals surface area contributed by atoms with Crippen molar-refractivity contribution in [2.24, 2.45) is 0 Å². The Morgan fingerprint density at radius 2 is 1.92 bits per heavy atom. The van der Waals surface area contributed by atoms with Crippen molar-refractivity contribution in [3.63, 3.8) is 0 Å². The number of anilines is 2. The van der Waals surface area contributed by atoms with Crippen molar-refractivity contribution in [1.82, 2.24) is 20.3 Å². The number of halogens is 1. The lowest BCUT2D eigenvalue weighted by Crippen LogP contribution is -2.27. The molecule has 0 bridgehead atoms. The highest BCUT2D eigenvalue weighted by Gasteiger charge is 2.18. The molecule has 0 atom stereocenters. The van der Waals surface area contributed by atoms with E-state index in [1.165, 1.54) is 0 Å². The van der Waals surface area contributed by atoms with Gasteiger partial charge in [-0.25, -0.2) is 0 Å². The number of benzene rings is 1. The van der Waals surface area contributed by atoms with Crippen LogP contribution >= 0.6 is 11.6 Å². The molecule has 0 spiro atoms. The maximum atomic E-state index is 12.3. The zero-order chi connectivity index (χ0) is 17.8. The van der Waals surface area contributed by atoms with Gasteiger partial charge in [0.25, 0.3) is 5.91 Å². The zero-order valence-electron chi connectivity index (χ0n) is 14.4. The van der Waals surface area contributed by atoms with Gasteiger partial charge in [-0.3, -0.25) is 4.79 Å². The monoisotopic (exact) mass is 360 g/mol. The van der Waals surface area contributed by atoms with Gasteiger partial charge in [0.1, 0.15) is 0 Å². The number of amides is 1. The average Bonchev–Trinajstić information content (AvgIpc) is 3.14. The van der Waals surface area contributed by atoms with Crippen LogP contribution in [0.3, 0.4) is 0 Å². The van der Waals surface area contributed by atoms with E-state index in [9.17, 15) is 4.79 Å². The van der Waals surface area contributed by atoms with E-state index in [1.807, 2.05) is 19.0 Å². The molecule has 1 aliphatic heterocycles. The molecule has 132 valence electrons. The third-order valence-electron chi connectivity index (χ3n) is 3.97. The van der Waals surface area contributed by atoms with Gasteiger partial charge < -0.3 is 15.1 Å². The van der Waals surface area contributed by atoms with E-state index in [0.29, 0.717) is 28.3 Å². The fraction of sp³-hybridized carbons (Fsp3) is 0.412. The van der Waals surface area contributed by atoms with Gasteiger partial charge in [-0.2, -0.15) is 15.0 Å². The molecule has 1 aromatic carbocycles. The molecule has 2 heterocycles. The van der Waals surface area contributed by atoms with Gasteiger partial charge in [0.05, 0.1) is 17.1 Å². The Hall–Kier alpha value is -2.41. The smallest absolute Gasteiger partial charge is 0.253 e. The Bertz CT molecular complexity index is 761. The molecule has 0 unspecified atom stereocenters. The summed E-state index contributed by atoms with van der Waals surface area (Å²) in [5.74, 6) is 1.53. The summed E-state index contributed by atoms with van der Waals surface area (Å²) in [6.45, 7) is 2.11. The highest BCUT2D eigenvalue weighted by molar-refractivity contribution is 6.33. The lowest BCUT2D eigenvalue weighted by molar-refractivity contribution is 0.0950. The van der Waals surface area contributed by atoms with Crippen LogP contribution < -0.4 is 15.1 Å². The SMILES string of the molecule is CN(C)c1nc(CNC(=O)c2ccccc2Cl)nc(N2CCCC2)n1. The second-order valence-corrected chi connectivity index (χ2v) is 6.51. The molecule has 0 saturated carbocycles. The maximum Gasteiger partial charge on any atom is 0.253 e. The third kappa shape index (κ3) is 4.17. The van der Waals surface area contributed by atoms with Gasteiger partial charge in [0.2, 0.25) is 11.9 Å². The van der Waals surface area contributed by atoms with E-state index >= 15 is 0 Å². The number of aromatic nitrogens is 3. The highest BCUT2D eigenvalue weighted by atomic mass is 35.5. The first-order valence-corrected chi connectivity index (χ1v) is 8.62. The van der Waals surface area contributed by atoms with Crippen LogP contribution in [0, 0.1) is 0 Å². The van der Waals surface area contributed by atoms with Crippen LogP contribution in [0.5, 0.6) is 0 Å². The van der Waals surface area contributed by atoms with E-state index in [1.54, 1.807) is 24.3 Å². The van der Waals surface area contributed by atoms with Crippen molar-refractivity contribution in [3.8, 4) is 0 Å². The summed E-state index contributed by atoms with van der Waals surface area (Å²) in [5, 5.41) is 3.25. The Balaban J connectivity index is 1.77. The normalized spacial score (nSPS) is 13.8. The van der Waals surface area contributed by atoms with Gasteiger partial charge in [0, 0.05) is 27.2 Å². The first kappa shape index (κ1) is 17.4.